The van der Waals surface area contributed by atoms with Crippen LogP contribution in [0.5, 0.6) is 5.75 Å². The highest BCUT2D eigenvalue weighted by molar-refractivity contribution is 7.89. The maximum absolute atomic E-state index is 13.0. The van der Waals surface area contributed by atoms with Gasteiger partial charge in [-0.2, -0.15) is 0 Å². The second-order valence-corrected chi connectivity index (χ2v) is 10.2. The Hall–Kier alpha value is -2.89. The van der Waals surface area contributed by atoms with Crippen LogP contribution in [-0.2, 0) is 23.6 Å². The number of rotatable bonds is 11. The summed E-state index contributed by atoms with van der Waals surface area (Å²) in [5.74, 6) is 0.486. The lowest BCUT2D eigenvalue weighted by molar-refractivity contribution is 0.318. The van der Waals surface area contributed by atoms with E-state index in [1.807, 2.05) is 32.8 Å². The summed E-state index contributed by atoms with van der Waals surface area (Å²) in [5.41, 5.74) is 0.910. The molecule has 2 aromatic heterocycles. The first-order valence-corrected chi connectivity index (χ1v) is 12.8. The molecule has 0 saturated carbocycles. The fourth-order valence-electron chi connectivity index (χ4n) is 3.65. The molecular formula is C23H33N5O5S. The second-order valence-electron chi connectivity index (χ2n) is 8.45. The topological polar surface area (TPSA) is 118 Å². The van der Waals surface area contributed by atoms with Crippen molar-refractivity contribution < 1.29 is 13.2 Å². The van der Waals surface area contributed by atoms with E-state index >= 15 is 0 Å². The van der Waals surface area contributed by atoms with Crippen LogP contribution in [0.25, 0.3) is 22.3 Å². The van der Waals surface area contributed by atoms with Gasteiger partial charge < -0.3 is 14.6 Å². The molecule has 0 amide bonds. The van der Waals surface area contributed by atoms with E-state index < -0.39 is 21.3 Å². The van der Waals surface area contributed by atoms with Gasteiger partial charge in [-0.1, -0.05) is 13.8 Å². The number of sulfonamides is 1. The molecule has 3 aromatic rings. The molecule has 0 aliphatic rings. The zero-order valence-electron chi connectivity index (χ0n) is 20.3. The lowest BCUT2D eigenvalue weighted by Gasteiger charge is -2.14. The van der Waals surface area contributed by atoms with Gasteiger partial charge in [-0.05, 0) is 51.2 Å². The van der Waals surface area contributed by atoms with Crippen molar-refractivity contribution in [3.63, 3.8) is 0 Å². The molecule has 34 heavy (non-hydrogen) atoms. The summed E-state index contributed by atoms with van der Waals surface area (Å²) in [7, 11) is 1.58. The normalized spacial score (nSPS) is 12.1. The number of benzene rings is 1. The van der Waals surface area contributed by atoms with E-state index in [1.54, 1.807) is 19.2 Å². The third-order valence-corrected chi connectivity index (χ3v) is 6.91. The average Bonchev–Trinajstić information content (AvgIpc) is 3.24. The number of nitrogens with zero attached hydrogens (tertiary/aromatic N) is 3. The molecule has 0 atom stereocenters. The fraction of sp³-hybridized carbons (Fsp3) is 0.478. The lowest BCUT2D eigenvalue weighted by Crippen LogP contribution is -2.38. The minimum atomic E-state index is -3.76. The smallest absolute Gasteiger partial charge is 0.331 e. The van der Waals surface area contributed by atoms with Crippen LogP contribution in [0.2, 0.25) is 0 Å². The zero-order chi connectivity index (χ0) is 25.0. The number of aromatic nitrogens is 3. The maximum Gasteiger partial charge on any atom is 0.331 e. The molecule has 0 radical (unpaired) electrons. The van der Waals surface area contributed by atoms with Crippen molar-refractivity contribution in [2.24, 2.45) is 7.05 Å². The Balaban J connectivity index is 2.15. The van der Waals surface area contributed by atoms with Crippen LogP contribution in [0.4, 0.5) is 0 Å². The third kappa shape index (κ3) is 5.26. The van der Waals surface area contributed by atoms with Gasteiger partial charge in [0.25, 0.3) is 5.56 Å². The minimum absolute atomic E-state index is 0.0843. The van der Waals surface area contributed by atoms with Crippen molar-refractivity contribution in [3.05, 3.63) is 45.1 Å². The molecule has 0 unspecified atom stereocenters. The van der Waals surface area contributed by atoms with Gasteiger partial charge in [0.05, 0.1) is 22.7 Å². The van der Waals surface area contributed by atoms with Crippen LogP contribution in [0.3, 0.4) is 0 Å². The van der Waals surface area contributed by atoms with Gasteiger partial charge in [0.1, 0.15) is 11.3 Å². The van der Waals surface area contributed by atoms with E-state index in [2.05, 4.69) is 9.71 Å². The Bertz CT molecular complexity index is 1390. The third-order valence-electron chi connectivity index (χ3n) is 5.45. The maximum atomic E-state index is 13.0. The number of nitrogens with one attached hydrogen (secondary N) is 2. The van der Waals surface area contributed by atoms with Crippen LogP contribution in [0, 0.1) is 0 Å². The van der Waals surface area contributed by atoms with Gasteiger partial charge in [-0.25, -0.2) is 17.9 Å². The highest BCUT2D eigenvalue weighted by Crippen LogP contribution is 2.33. The number of aryl methyl sites for hydroxylation is 1. The number of ether oxygens (including phenoxy) is 1. The summed E-state index contributed by atoms with van der Waals surface area (Å²) in [4.78, 5) is 30.7. The average molecular weight is 492 g/mol. The summed E-state index contributed by atoms with van der Waals surface area (Å²) in [6.07, 6.45) is 1.42. The van der Waals surface area contributed by atoms with Crippen molar-refractivity contribution >= 4 is 21.1 Å². The van der Waals surface area contributed by atoms with E-state index in [9.17, 15) is 18.0 Å². The Kier molecular flexibility index (Phi) is 8.01. The number of H-pyrrole nitrogens is 1. The highest BCUT2D eigenvalue weighted by Gasteiger charge is 2.20. The van der Waals surface area contributed by atoms with Crippen molar-refractivity contribution in [3.8, 4) is 17.0 Å². The van der Waals surface area contributed by atoms with Crippen LogP contribution >= 0.6 is 0 Å². The van der Waals surface area contributed by atoms with Crippen LogP contribution < -0.4 is 20.7 Å². The monoisotopic (exact) mass is 491 g/mol. The number of likely N-dealkylation sites (N-methyl/N-ethyl adjacent to an activating group) is 1. The first-order chi connectivity index (χ1) is 16.1. The molecule has 11 heteroatoms. The lowest BCUT2D eigenvalue weighted by atomic mass is 10.1. The minimum Gasteiger partial charge on any atom is -0.493 e. The standard InChI is InChI=1S/C23H33N5O5S/c1-6-11-28-22(29)21-19(27(5)23(28)30)15-18(25-21)17-14-16(8-9-20(17)33-13-7-2)34(31,32)24-10-12-26(3)4/h8-9,14-15,24-25H,6-7,10-13H2,1-5H3. The molecule has 3 rings (SSSR count). The molecule has 0 spiro atoms. The zero-order valence-corrected chi connectivity index (χ0v) is 21.2. The molecule has 1 aromatic carbocycles. The predicted molar refractivity (Wildman–Crippen MR) is 133 cm³/mol. The van der Waals surface area contributed by atoms with Gasteiger partial charge in [0.2, 0.25) is 10.0 Å². The molecular weight excluding hydrogens is 458 g/mol. The van der Waals surface area contributed by atoms with E-state index in [0.29, 0.717) is 48.6 Å². The molecule has 2 heterocycles. The van der Waals surface area contributed by atoms with E-state index in [0.717, 1.165) is 6.42 Å². The fourth-order valence-corrected chi connectivity index (χ4v) is 4.70. The Morgan fingerprint density at radius 2 is 1.85 bits per heavy atom. The first-order valence-electron chi connectivity index (χ1n) is 11.3. The summed E-state index contributed by atoms with van der Waals surface area (Å²) < 4.78 is 36.9. The molecule has 0 aliphatic carbocycles. The summed E-state index contributed by atoms with van der Waals surface area (Å²) in [6.45, 7) is 5.46. The van der Waals surface area contributed by atoms with Gasteiger partial charge >= 0.3 is 5.69 Å². The number of aromatic amines is 1. The molecule has 10 nitrogen and oxygen atoms in total. The van der Waals surface area contributed by atoms with Crippen LogP contribution in [0.15, 0.2) is 38.8 Å². The molecule has 0 saturated heterocycles. The van der Waals surface area contributed by atoms with Crippen molar-refractivity contribution in [2.45, 2.75) is 38.1 Å². The summed E-state index contributed by atoms with van der Waals surface area (Å²) in [6, 6.07) is 6.32. The molecule has 0 fully saturated rings. The first kappa shape index (κ1) is 25.7. The van der Waals surface area contributed by atoms with E-state index in [4.69, 9.17) is 4.74 Å². The van der Waals surface area contributed by atoms with Crippen LogP contribution in [0.1, 0.15) is 26.7 Å². The van der Waals surface area contributed by atoms with Crippen LogP contribution in [-0.4, -0.2) is 61.2 Å². The summed E-state index contributed by atoms with van der Waals surface area (Å²) >= 11 is 0. The van der Waals surface area contributed by atoms with Crippen molar-refractivity contribution in [1.82, 2.24) is 23.7 Å². The largest absolute Gasteiger partial charge is 0.493 e. The quantitative estimate of drug-likeness (QED) is 0.422. The Labute approximate surface area is 199 Å². The highest BCUT2D eigenvalue weighted by atomic mass is 32.2. The predicted octanol–water partition coefficient (Wildman–Crippen LogP) is 1.73. The van der Waals surface area contributed by atoms with Crippen molar-refractivity contribution in [1.29, 1.82) is 0 Å². The van der Waals surface area contributed by atoms with Gasteiger partial charge in [-0.3, -0.25) is 13.9 Å². The number of hydrogen-bond acceptors (Lipinski definition) is 6. The molecule has 0 bridgehead atoms. The van der Waals surface area contributed by atoms with Gasteiger partial charge in [0, 0.05) is 32.2 Å². The van der Waals surface area contributed by atoms with E-state index in [-0.39, 0.29) is 17.0 Å². The molecule has 0 aliphatic heterocycles. The van der Waals surface area contributed by atoms with Gasteiger partial charge in [-0.15, -0.1) is 0 Å². The van der Waals surface area contributed by atoms with Crippen molar-refractivity contribution in [2.75, 3.05) is 33.8 Å². The Morgan fingerprint density at radius 3 is 2.50 bits per heavy atom. The van der Waals surface area contributed by atoms with Gasteiger partial charge in [0.15, 0.2) is 0 Å². The number of hydrogen-bond donors (Lipinski definition) is 2. The Morgan fingerprint density at radius 1 is 1.12 bits per heavy atom. The molecule has 2 N–H and O–H groups in total. The second kappa shape index (κ2) is 10.6. The van der Waals surface area contributed by atoms with E-state index in [1.165, 1.54) is 21.3 Å². The SMILES string of the molecule is CCCOc1ccc(S(=O)(=O)NCCN(C)C)cc1-c1cc2c([nH]1)c(=O)n(CCC)c(=O)n2C. The number of fused-ring (bicyclic) bond motifs is 1. The molecule has 186 valence electrons. The summed E-state index contributed by atoms with van der Waals surface area (Å²) in [5, 5.41) is 0.